The molecule has 0 N–H and O–H groups in total. The van der Waals surface area contributed by atoms with Gasteiger partial charge < -0.3 is 14.2 Å². The minimum Gasteiger partial charge on any atom is -0.490 e. The molecule has 28 heavy (non-hydrogen) atoms. The molecule has 0 saturated carbocycles. The lowest BCUT2D eigenvalue weighted by Gasteiger charge is -2.13. The maximum Gasteiger partial charge on any atom is 0.265 e. The van der Waals surface area contributed by atoms with Crippen molar-refractivity contribution in [2.75, 3.05) is 26.9 Å². The van der Waals surface area contributed by atoms with Gasteiger partial charge in [-0.05, 0) is 42.8 Å². The molecule has 1 fully saturated rings. The summed E-state index contributed by atoms with van der Waals surface area (Å²) in [5, 5.41) is 0. The van der Waals surface area contributed by atoms with Gasteiger partial charge >= 0.3 is 0 Å². The van der Waals surface area contributed by atoms with Crippen LogP contribution in [0.25, 0.3) is 6.08 Å². The van der Waals surface area contributed by atoms with Crippen LogP contribution in [0.3, 0.4) is 0 Å². The molecular formula is C21H21NO4S2. The number of carbonyl (C=O) groups excluding carboxylic acids is 1. The largest absolute Gasteiger partial charge is 0.490 e. The van der Waals surface area contributed by atoms with Crippen molar-refractivity contribution >= 4 is 40.3 Å². The van der Waals surface area contributed by atoms with Crippen molar-refractivity contribution in [3.05, 3.63) is 59.0 Å². The first-order chi connectivity index (χ1) is 13.6. The van der Waals surface area contributed by atoms with Gasteiger partial charge in [0.15, 0.2) is 11.5 Å². The SMILES string of the molecule is CCOc1cc(C=C2SC(=S)N(C)C2=O)ccc1OCCOc1ccccc1. The van der Waals surface area contributed by atoms with Crippen LogP contribution in [-0.4, -0.2) is 42.0 Å². The fourth-order valence-corrected chi connectivity index (χ4v) is 3.71. The van der Waals surface area contributed by atoms with Gasteiger partial charge in [-0.1, -0.05) is 48.2 Å². The molecule has 146 valence electrons. The van der Waals surface area contributed by atoms with E-state index in [0.29, 0.717) is 40.5 Å². The van der Waals surface area contributed by atoms with E-state index in [1.807, 2.05) is 61.5 Å². The smallest absolute Gasteiger partial charge is 0.265 e. The molecule has 2 aromatic carbocycles. The Morgan fingerprint density at radius 2 is 1.79 bits per heavy atom. The molecule has 0 unspecified atom stereocenters. The van der Waals surface area contributed by atoms with Crippen LogP contribution < -0.4 is 14.2 Å². The fraction of sp³-hybridized carbons (Fsp3) is 0.238. The Morgan fingerprint density at radius 3 is 2.46 bits per heavy atom. The molecule has 0 spiro atoms. The van der Waals surface area contributed by atoms with Gasteiger partial charge in [0.25, 0.3) is 5.91 Å². The van der Waals surface area contributed by atoms with E-state index in [9.17, 15) is 4.79 Å². The lowest BCUT2D eigenvalue weighted by atomic mass is 10.2. The normalized spacial score (nSPS) is 15.2. The summed E-state index contributed by atoms with van der Waals surface area (Å²) < 4.78 is 17.7. The second-order valence-corrected chi connectivity index (χ2v) is 7.57. The number of para-hydroxylation sites is 1. The zero-order chi connectivity index (χ0) is 19.9. The van der Waals surface area contributed by atoms with Crippen LogP contribution >= 0.6 is 24.0 Å². The molecule has 3 rings (SSSR count). The van der Waals surface area contributed by atoms with Gasteiger partial charge in [0, 0.05) is 7.05 Å². The number of likely N-dealkylation sites (N-methyl/N-ethyl adjacent to an activating group) is 1. The Morgan fingerprint density at radius 1 is 1.04 bits per heavy atom. The van der Waals surface area contributed by atoms with Gasteiger partial charge in [0.2, 0.25) is 0 Å². The maximum absolute atomic E-state index is 12.2. The highest BCUT2D eigenvalue weighted by molar-refractivity contribution is 8.26. The average Bonchev–Trinajstić information content (AvgIpc) is 2.94. The maximum atomic E-state index is 12.2. The zero-order valence-corrected chi connectivity index (χ0v) is 17.3. The molecule has 2 aromatic rings. The van der Waals surface area contributed by atoms with Crippen molar-refractivity contribution in [2.45, 2.75) is 6.92 Å². The van der Waals surface area contributed by atoms with Crippen molar-refractivity contribution < 1.29 is 19.0 Å². The van der Waals surface area contributed by atoms with E-state index < -0.39 is 0 Å². The number of thioether (sulfide) groups is 1. The first-order valence-electron chi connectivity index (χ1n) is 8.87. The Bertz CT molecular complexity index is 883. The molecule has 0 atom stereocenters. The van der Waals surface area contributed by atoms with E-state index in [1.165, 1.54) is 16.7 Å². The van der Waals surface area contributed by atoms with Crippen molar-refractivity contribution in [1.82, 2.24) is 4.90 Å². The summed E-state index contributed by atoms with van der Waals surface area (Å²) in [5.41, 5.74) is 0.852. The highest BCUT2D eigenvalue weighted by Crippen LogP contribution is 2.34. The third-order valence-corrected chi connectivity index (χ3v) is 5.39. The van der Waals surface area contributed by atoms with Crippen LogP contribution in [0, 0.1) is 0 Å². The number of rotatable bonds is 8. The Kier molecular flexibility index (Phi) is 6.95. The molecule has 5 nitrogen and oxygen atoms in total. The summed E-state index contributed by atoms with van der Waals surface area (Å²) >= 11 is 6.46. The van der Waals surface area contributed by atoms with E-state index >= 15 is 0 Å². The van der Waals surface area contributed by atoms with E-state index in [4.69, 9.17) is 26.4 Å². The van der Waals surface area contributed by atoms with Crippen LogP contribution in [0.5, 0.6) is 17.2 Å². The third-order valence-electron chi connectivity index (χ3n) is 3.90. The molecule has 0 aliphatic carbocycles. The van der Waals surface area contributed by atoms with E-state index in [1.54, 1.807) is 7.05 Å². The van der Waals surface area contributed by atoms with Crippen LogP contribution in [0.1, 0.15) is 12.5 Å². The minimum atomic E-state index is -0.0913. The zero-order valence-electron chi connectivity index (χ0n) is 15.7. The van der Waals surface area contributed by atoms with E-state index in [0.717, 1.165) is 11.3 Å². The number of carbonyl (C=O) groups is 1. The van der Waals surface area contributed by atoms with Gasteiger partial charge in [-0.3, -0.25) is 9.69 Å². The molecule has 1 aliphatic heterocycles. The summed E-state index contributed by atoms with van der Waals surface area (Å²) in [6, 6.07) is 15.2. The Hall–Kier alpha value is -2.51. The fourth-order valence-electron chi connectivity index (χ4n) is 2.53. The minimum absolute atomic E-state index is 0.0913. The lowest BCUT2D eigenvalue weighted by molar-refractivity contribution is -0.121. The predicted molar refractivity (Wildman–Crippen MR) is 116 cm³/mol. The van der Waals surface area contributed by atoms with Gasteiger partial charge in [-0.25, -0.2) is 0 Å². The number of nitrogens with zero attached hydrogens (tertiary/aromatic N) is 1. The third kappa shape index (κ3) is 5.05. The summed E-state index contributed by atoms with van der Waals surface area (Å²) in [6.07, 6.45) is 1.81. The van der Waals surface area contributed by atoms with Gasteiger partial charge in [-0.15, -0.1) is 0 Å². The summed E-state index contributed by atoms with van der Waals surface area (Å²) in [6.45, 7) is 3.24. The summed E-state index contributed by atoms with van der Waals surface area (Å²) in [5.74, 6) is 1.98. The van der Waals surface area contributed by atoms with E-state index in [2.05, 4.69) is 0 Å². The number of benzene rings is 2. The quantitative estimate of drug-likeness (QED) is 0.362. The standard InChI is InChI=1S/C21H21NO4S2/c1-3-24-18-13-15(14-19-20(23)22(2)21(27)28-19)9-10-17(18)26-12-11-25-16-7-5-4-6-8-16/h4-10,13-14H,3,11-12H2,1-2H3. The molecule has 0 aromatic heterocycles. The molecule has 0 radical (unpaired) electrons. The van der Waals surface area contributed by atoms with Crippen LogP contribution in [-0.2, 0) is 4.79 Å². The molecule has 1 heterocycles. The summed E-state index contributed by atoms with van der Waals surface area (Å²) in [4.78, 5) is 14.2. The molecule has 0 bridgehead atoms. The highest BCUT2D eigenvalue weighted by Gasteiger charge is 2.28. The Balaban J connectivity index is 1.65. The second kappa shape index (κ2) is 9.61. The Labute approximate surface area is 174 Å². The van der Waals surface area contributed by atoms with Gasteiger partial charge in [0.05, 0.1) is 11.5 Å². The molecule has 1 aliphatic rings. The van der Waals surface area contributed by atoms with Crippen LogP contribution in [0.2, 0.25) is 0 Å². The average molecular weight is 416 g/mol. The number of amides is 1. The van der Waals surface area contributed by atoms with Gasteiger partial charge in [-0.2, -0.15) is 0 Å². The number of thiocarbonyl (C=S) groups is 1. The van der Waals surface area contributed by atoms with Crippen molar-refractivity contribution in [3.8, 4) is 17.2 Å². The molecular weight excluding hydrogens is 394 g/mol. The van der Waals surface area contributed by atoms with Crippen LogP contribution in [0.4, 0.5) is 0 Å². The second-order valence-electron chi connectivity index (χ2n) is 5.89. The van der Waals surface area contributed by atoms with E-state index in [-0.39, 0.29) is 5.91 Å². The van der Waals surface area contributed by atoms with Crippen molar-refractivity contribution in [2.24, 2.45) is 0 Å². The predicted octanol–water partition coefficient (Wildman–Crippen LogP) is 4.37. The molecule has 1 saturated heterocycles. The van der Waals surface area contributed by atoms with Crippen molar-refractivity contribution in [1.29, 1.82) is 0 Å². The molecule has 7 heteroatoms. The monoisotopic (exact) mass is 415 g/mol. The first-order valence-corrected chi connectivity index (χ1v) is 10.1. The van der Waals surface area contributed by atoms with Crippen LogP contribution in [0.15, 0.2) is 53.4 Å². The summed E-state index contributed by atoms with van der Waals surface area (Å²) in [7, 11) is 1.68. The lowest BCUT2D eigenvalue weighted by Crippen LogP contribution is -2.22. The first kappa shape index (κ1) is 20.2. The topological polar surface area (TPSA) is 48.0 Å². The number of ether oxygens (including phenoxy) is 3. The number of hydrogen-bond donors (Lipinski definition) is 0. The highest BCUT2D eigenvalue weighted by atomic mass is 32.2. The van der Waals surface area contributed by atoms with Crippen molar-refractivity contribution in [3.63, 3.8) is 0 Å². The van der Waals surface area contributed by atoms with Gasteiger partial charge in [0.1, 0.15) is 23.3 Å². The number of hydrogen-bond acceptors (Lipinski definition) is 6. The molecule has 1 amide bonds.